The fourth-order valence-electron chi connectivity index (χ4n) is 2.30. The molecule has 2 aromatic heterocycles. The van der Waals surface area contributed by atoms with Crippen molar-refractivity contribution in [3.05, 3.63) is 48.3 Å². The van der Waals surface area contributed by atoms with Crippen LogP contribution in [0.15, 0.2) is 47.6 Å². The molecule has 0 saturated heterocycles. The molecule has 0 aliphatic heterocycles. The summed E-state index contributed by atoms with van der Waals surface area (Å²) in [5.41, 5.74) is 2.62. The average molecular weight is 326 g/mol. The quantitative estimate of drug-likeness (QED) is 0.800. The van der Waals surface area contributed by atoms with Crippen molar-refractivity contribution in [2.75, 3.05) is 14.1 Å². The van der Waals surface area contributed by atoms with E-state index in [9.17, 15) is 8.42 Å². The molecule has 0 spiro atoms. The largest absolute Gasteiger partial charge is 0.345 e. The van der Waals surface area contributed by atoms with Crippen LogP contribution in [0.5, 0.6) is 0 Å². The molecule has 0 aliphatic rings. The zero-order chi connectivity index (χ0) is 16.6. The molecule has 6 nitrogen and oxygen atoms in total. The summed E-state index contributed by atoms with van der Waals surface area (Å²) < 4.78 is 25.7. The lowest BCUT2D eigenvalue weighted by Crippen LogP contribution is -2.22. The van der Waals surface area contributed by atoms with E-state index in [1.165, 1.54) is 18.4 Å². The summed E-state index contributed by atoms with van der Waals surface area (Å²) in [6.45, 7) is 0. The van der Waals surface area contributed by atoms with Crippen molar-refractivity contribution in [3.63, 3.8) is 0 Å². The van der Waals surface area contributed by atoms with Crippen LogP contribution in [0.3, 0.4) is 0 Å². The first-order valence-corrected chi connectivity index (χ1v) is 8.27. The summed E-state index contributed by atoms with van der Waals surface area (Å²) >= 11 is 0. The number of nitriles is 1. The monoisotopic (exact) mass is 326 g/mol. The molecule has 0 atom stereocenters. The Kier molecular flexibility index (Phi) is 3.64. The van der Waals surface area contributed by atoms with Crippen molar-refractivity contribution in [1.29, 1.82) is 5.26 Å². The summed E-state index contributed by atoms with van der Waals surface area (Å²) in [5, 5.41) is 9.83. The SMILES string of the molecule is CN(C)S(=O)(=O)c1cccc(-c2cnc3[nH]cc(C#N)c3c2)c1. The highest BCUT2D eigenvalue weighted by molar-refractivity contribution is 7.89. The second-order valence-electron chi connectivity index (χ2n) is 5.25. The lowest BCUT2D eigenvalue weighted by Gasteiger charge is -2.12. The highest BCUT2D eigenvalue weighted by Gasteiger charge is 2.17. The second-order valence-corrected chi connectivity index (χ2v) is 7.40. The van der Waals surface area contributed by atoms with E-state index >= 15 is 0 Å². The number of aromatic nitrogens is 2. The number of nitrogens with zero attached hydrogens (tertiary/aromatic N) is 3. The first-order chi connectivity index (χ1) is 10.9. The van der Waals surface area contributed by atoms with Crippen LogP contribution in [-0.2, 0) is 10.0 Å². The number of hydrogen-bond acceptors (Lipinski definition) is 4. The molecular weight excluding hydrogens is 312 g/mol. The first-order valence-electron chi connectivity index (χ1n) is 6.83. The maximum Gasteiger partial charge on any atom is 0.242 e. The van der Waals surface area contributed by atoms with Crippen LogP contribution < -0.4 is 0 Å². The van der Waals surface area contributed by atoms with E-state index in [0.29, 0.717) is 16.6 Å². The van der Waals surface area contributed by atoms with Gasteiger partial charge in [-0.15, -0.1) is 0 Å². The van der Waals surface area contributed by atoms with E-state index in [1.54, 1.807) is 30.6 Å². The number of aromatic amines is 1. The van der Waals surface area contributed by atoms with Gasteiger partial charge in [0.2, 0.25) is 10.0 Å². The number of hydrogen-bond donors (Lipinski definition) is 1. The van der Waals surface area contributed by atoms with Gasteiger partial charge in [0.05, 0.1) is 10.5 Å². The van der Waals surface area contributed by atoms with Crippen LogP contribution >= 0.6 is 0 Å². The summed E-state index contributed by atoms with van der Waals surface area (Å²) in [6, 6.07) is 10.6. The van der Waals surface area contributed by atoms with Gasteiger partial charge in [-0.1, -0.05) is 12.1 Å². The molecule has 7 heteroatoms. The predicted molar refractivity (Wildman–Crippen MR) is 87.1 cm³/mol. The van der Waals surface area contributed by atoms with Crippen molar-refractivity contribution in [2.45, 2.75) is 4.90 Å². The highest BCUT2D eigenvalue weighted by atomic mass is 32.2. The Bertz CT molecular complexity index is 1030. The van der Waals surface area contributed by atoms with Crippen molar-refractivity contribution >= 4 is 21.1 Å². The molecule has 116 valence electrons. The maximum atomic E-state index is 12.2. The van der Waals surface area contributed by atoms with Crippen LogP contribution in [-0.4, -0.2) is 36.8 Å². The van der Waals surface area contributed by atoms with Crippen molar-refractivity contribution in [3.8, 4) is 17.2 Å². The van der Waals surface area contributed by atoms with Gasteiger partial charge < -0.3 is 4.98 Å². The minimum Gasteiger partial charge on any atom is -0.345 e. The molecule has 0 fully saturated rings. The van der Waals surface area contributed by atoms with Gasteiger partial charge in [-0.2, -0.15) is 5.26 Å². The summed E-state index contributed by atoms with van der Waals surface area (Å²) in [5.74, 6) is 0. The Morgan fingerprint density at radius 1 is 1.22 bits per heavy atom. The number of benzene rings is 1. The normalized spacial score (nSPS) is 11.7. The van der Waals surface area contributed by atoms with Crippen LogP contribution in [0.25, 0.3) is 22.2 Å². The number of rotatable bonds is 3. The second kappa shape index (κ2) is 5.50. The molecular formula is C16H14N4O2S. The van der Waals surface area contributed by atoms with E-state index in [0.717, 1.165) is 11.1 Å². The summed E-state index contributed by atoms with van der Waals surface area (Å²) in [6.07, 6.45) is 3.26. The number of pyridine rings is 1. The Labute approximate surface area is 134 Å². The third-order valence-electron chi connectivity index (χ3n) is 3.60. The maximum absolute atomic E-state index is 12.2. The Morgan fingerprint density at radius 2 is 2.00 bits per heavy atom. The molecule has 1 N–H and O–H groups in total. The Hall–Kier alpha value is -2.69. The van der Waals surface area contributed by atoms with E-state index in [-0.39, 0.29) is 4.90 Å². The van der Waals surface area contributed by atoms with E-state index in [1.807, 2.05) is 12.1 Å². The topological polar surface area (TPSA) is 89.8 Å². The zero-order valence-corrected chi connectivity index (χ0v) is 13.4. The third kappa shape index (κ3) is 2.59. The standard InChI is InChI=1S/C16H14N4O2S/c1-20(2)23(21,22)14-5-3-4-11(6-14)12-7-15-13(8-17)10-19-16(15)18-9-12/h3-7,9-10H,1-2H3,(H,18,19). The van der Waals surface area contributed by atoms with E-state index < -0.39 is 10.0 Å². The summed E-state index contributed by atoms with van der Waals surface area (Å²) in [4.78, 5) is 7.44. The van der Waals surface area contributed by atoms with Gasteiger partial charge >= 0.3 is 0 Å². The van der Waals surface area contributed by atoms with Gasteiger partial charge in [0.25, 0.3) is 0 Å². The predicted octanol–water partition coefficient (Wildman–Crippen LogP) is 2.35. The smallest absolute Gasteiger partial charge is 0.242 e. The molecule has 0 saturated carbocycles. The van der Waals surface area contributed by atoms with Crippen molar-refractivity contribution in [2.24, 2.45) is 0 Å². The number of nitrogens with one attached hydrogen (secondary N) is 1. The highest BCUT2D eigenvalue weighted by Crippen LogP contribution is 2.26. The molecule has 0 aliphatic carbocycles. The zero-order valence-electron chi connectivity index (χ0n) is 12.6. The van der Waals surface area contributed by atoms with Gasteiger partial charge in [-0.25, -0.2) is 17.7 Å². The van der Waals surface area contributed by atoms with Crippen molar-refractivity contribution < 1.29 is 8.42 Å². The number of H-pyrrole nitrogens is 1. The van der Waals surface area contributed by atoms with Gasteiger partial charge in [0.15, 0.2) is 0 Å². The average Bonchev–Trinajstić information content (AvgIpc) is 2.97. The molecule has 0 amide bonds. The van der Waals surface area contributed by atoms with E-state index in [4.69, 9.17) is 5.26 Å². The van der Waals surface area contributed by atoms with Crippen LogP contribution in [0, 0.1) is 11.3 Å². The molecule has 3 aromatic rings. The fraction of sp³-hybridized carbons (Fsp3) is 0.125. The third-order valence-corrected chi connectivity index (χ3v) is 5.41. The number of sulfonamides is 1. The van der Waals surface area contributed by atoms with E-state index in [2.05, 4.69) is 16.0 Å². The van der Waals surface area contributed by atoms with Crippen molar-refractivity contribution in [1.82, 2.24) is 14.3 Å². The lowest BCUT2D eigenvalue weighted by molar-refractivity contribution is 0.521. The minimum atomic E-state index is -3.50. The Morgan fingerprint density at radius 3 is 2.70 bits per heavy atom. The molecule has 0 unspecified atom stereocenters. The lowest BCUT2D eigenvalue weighted by atomic mass is 10.1. The van der Waals surface area contributed by atoms with Gasteiger partial charge in [0.1, 0.15) is 11.7 Å². The molecule has 0 radical (unpaired) electrons. The molecule has 0 bridgehead atoms. The molecule has 3 rings (SSSR count). The van der Waals surface area contributed by atoms with Crippen LogP contribution in [0.1, 0.15) is 5.56 Å². The van der Waals surface area contributed by atoms with Gasteiger partial charge in [0, 0.05) is 37.4 Å². The molecule has 1 aromatic carbocycles. The van der Waals surface area contributed by atoms with Gasteiger partial charge in [-0.3, -0.25) is 0 Å². The fourth-order valence-corrected chi connectivity index (χ4v) is 3.25. The number of fused-ring (bicyclic) bond motifs is 1. The minimum absolute atomic E-state index is 0.217. The van der Waals surface area contributed by atoms with Crippen LogP contribution in [0.2, 0.25) is 0 Å². The Balaban J connectivity index is 2.15. The van der Waals surface area contributed by atoms with Crippen LogP contribution in [0.4, 0.5) is 0 Å². The summed E-state index contributed by atoms with van der Waals surface area (Å²) in [7, 11) is -0.508. The van der Waals surface area contributed by atoms with Gasteiger partial charge in [-0.05, 0) is 23.8 Å². The first kappa shape index (κ1) is 15.2. The molecule has 2 heterocycles. The molecule has 23 heavy (non-hydrogen) atoms.